The minimum absolute atomic E-state index is 0.0599. The van der Waals surface area contributed by atoms with Crippen molar-refractivity contribution in [1.82, 2.24) is 5.32 Å². The molecule has 5 atom stereocenters. The summed E-state index contributed by atoms with van der Waals surface area (Å²) in [6.45, 7) is 7.18. The average molecular weight is 565 g/mol. The summed E-state index contributed by atoms with van der Waals surface area (Å²) in [5, 5.41) is 15.1. The fraction of sp³-hybridized carbons (Fsp3) is 0.394. The molecule has 1 fully saturated rings. The molecule has 218 valence electrons. The van der Waals surface area contributed by atoms with Gasteiger partial charge in [-0.2, -0.15) is 0 Å². The van der Waals surface area contributed by atoms with Gasteiger partial charge in [0.05, 0.1) is 23.7 Å². The third kappa shape index (κ3) is 6.72. The van der Waals surface area contributed by atoms with Gasteiger partial charge in [-0.25, -0.2) is 18.1 Å². The van der Waals surface area contributed by atoms with Crippen LogP contribution in [-0.4, -0.2) is 52.7 Å². The summed E-state index contributed by atoms with van der Waals surface area (Å²) in [5.41, 5.74) is 8.57. The zero-order valence-electron chi connectivity index (χ0n) is 23.9. The topological polar surface area (TPSA) is 92.4 Å². The third-order valence-electron chi connectivity index (χ3n) is 8.43. The molecule has 3 aromatic carbocycles. The van der Waals surface area contributed by atoms with E-state index in [2.05, 4.69) is 24.4 Å². The van der Waals surface area contributed by atoms with E-state index in [-0.39, 0.29) is 46.4 Å². The number of aryl methyl sites for hydroxylation is 1. The third-order valence-corrected chi connectivity index (χ3v) is 8.43. The summed E-state index contributed by atoms with van der Waals surface area (Å²) in [7, 11) is 0. The Morgan fingerprint density at radius 2 is 1.63 bits per heavy atom. The highest BCUT2D eigenvalue weighted by molar-refractivity contribution is 6.04. The summed E-state index contributed by atoms with van der Waals surface area (Å²) in [6.07, 6.45) is 0.633. The quantitative estimate of drug-likeness (QED) is 0.293. The van der Waals surface area contributed by atoms with E-state index in [9.17, 15) is 23.5 Å². The highest BCUT2D eigenvalue weighted by atomic mass is 19.1. The monoisotopic (exact) mass is 564 g/mol. The molecule has 1 saturated heterocycles. The molecule has 1 aliphatic heterocycles. The van der Waals surface area contributed by atoms with Crippen molar-refractivity contribution in [2.24, 2.45) is 11.7 Å². The van der Waals surface area contributed by atoms with Gasteiger partial charge in [-0.1, -0.05) is 50.2 Å². The van der Waals surface area contributed by atoms with Crippen molar-refractivity contribution >= 4 is 11.8 Å². The van der Waals surface area contributed by atoms with Gasteiger partial charge < -0.3 is 16.2 Å². The van der Waals surface area contributed by atoms with E-state index < -0.39 is 29.7 Å². The number of carbonyl (C=O) groups is 2. The minimum atomic E-state index is -1.05. The lowest BCUT2D eigenvalue weighted by atomic mass is 9.93. The van der Waals surface area contributed by atoms with Crippen LogP contribution in [0.25, 0.3) is 0 Å². The lowest BCUT2D eigenvalue weighted by molar-refractivity contribution is -0.889. The molecule has 1 aliphatic rings. The number of carbonyl (C=O) groups excluding carboxylic acids is 2. The maximum atomic E-state index is 14.6. The smallest absolute Gasteiger partial charge is 0.347 e. The average Bonchev–Trinajstić information content (AvgIpc) is 3.24. The van der Waals surface area contributed by atoms with Crippen molar-refractivity contribution in [3.05, 3.63) is 106 Å². The predicted molar refractivity (Wildman–Crippen MR) is 155 cm³/mol. The molecule has 0 aromatic heterocycles. The standard InChI is InChI=1S/C33H39F2N3O3/c1-4-23-8-7-9-24(13-23)18-37-19-31(39)30(16-25-14-26(34)17-27(35)15-25)38(20-21(2)12-22(38)3)33(41)29-11-6-5-10-28(29)32(36)40/h5-11,13-15,17,21-22,30-31,37,39H,4,12,16,18-20H2,1-3H3,(H-,36,40)/p+1. The van der Waals surface area contributed by atoms with Crippen LogP contribution in [0.5, 0.6) is 0 Å². The maximum absolute atomic E-state index is 14.6. The fourth-order valence-electron chi connectivity index (χ4n) is 6.58. The first-order valence-corrected chi connectivity index (χ1v) is 14.3. The van der Waals surface area contributed by atoms with Crippen molar-refractivity contribution in [3.8, 4) is 0 Å². The van der Waals surface area contributed by atoms with E-state index in [1.165, 1.54) is 23.8 Å². The Kier molecular flexibility index (Phi) is 9.68. The van der Waals surface area contributed by atoms with Crippen LogP contribution >= 0.6 is 0 Å². The van der Waals surface area contributed by atoms with Crippen molar-refractivity contribution in [1.29, 1.82) is 0 Å². The lowest BCUT2D eigenvalue weighted by Gasteiger charge is -2.45. The minimum Gasteiger partial charge on any atom is -0.386 e. The summed E-state index contributed by atoms with van der Waals surface area (Å²) in [6, 6.07) is 16.9. The molecular weight excluding hydrogens is 524 g/mol. The van der Waals surface area contributed by atoms with Gasteiger partial charge in [0, 0.05) is 37.9 Å². The van der Waals surface area contributed by atoms with Crippen LogP contribution in [0, 0.1) is 17.6 Å². The SMILES string of the molecule is CCc1cccc(CNCC(O)C(Cc2cc(F)cc(F)c2)[N+]2(C(=O)c3ccccc3C(N)=O)CC(C)CC2C)c1. The number of nitrogens with two attached hydrogens (primary N) is 1. The number of aliphatic hydroxyl groups excluding tert-OH is 1. The first-order chi connectivity index (χ1) is 19.5. The second-order valence-electron chi connectivity index (χ2n) is 11.4. The van der Waals surface area contributed by atoms with Gasteiger partial charge in [0.15, 0.2) is 0 Å². The van der Waals surface area contributed by atoms with Crippen LogP contribution in [0.4, 0.5) is 8.78 Å². The van der Waals surface area contributed by atoms with Gasteiger partial charge in [0.25, 0.3) is 0 Å². The zero-order valence-corrected chi connectivity index (χ0v) is 23.9. The number of amides is 2. The molecule has 0 saturated carbocycles. The van der Waals surface area contributed by atoms with E-state index in [4.69, 9.17) is 5.73 Å². The molecule has 6 nitrogen and oxygen atoms in total. The van der Waals surface area contributed by atoms with Gasteiger partial charge in [-0.15, -0.1) is 0 Å². The molecule has 8 heteroatoms. The van der Waals surface area contributed by atoms with Crippen LogP contribution in [-0.2, 0) is 19.4 Å². The number of nitrogens with zero attached hydrogens (tertiary/aromatic N) is 1. The number of primary amides is 1. The highest BCUT2D eigenvalue weighted by Gasteiger charge is 2.56. The second kappa shape index (κ2) is 13.0. The summed E-state index contributed by atoms with van der Waals surface area (Å²) >= 11 is 0. The van der Waals surface area contributed by atoms with E-state index in [1.54, 1.807) is 18.2 Å². The van der Waals surface area contributed by atoms with E-state index in [0.717, 1.165) is 18.1 Å². The van der Waals surface area contributed by atoms with Crippen LogP contribution in [0.3, 0.4) is 0 Å². The Morgan fingerprint density at radius 1 is 0.976 bits per heavy atom. The van der Waals surface area contributed by atoms with Gasteiger partial charge in [-0.3, -0.25) is 4.79 Å². The van der Waals surface area contributed by atoms with Gasteiger partial charge in [0.2, 0.25) is 5.91 Å². The highest BCUT2D eigenvalue weighted by Crippen LogP contribution is 2.39. The molecule has 1 heterocycles. The van der Waals surface area contributed by atoms with Crippen LogP contribution in [0.2, 0.25) is 0 Å². The predicted octanol–water partition coefficient (Wildman–Crippen LogP) is 4.77. The zero-order chi connectivity index (χ0) is 29.7. The van der Waals surface area contributed by atoms with Gasteiger partial charge >= 0.3 is 5.91 Å². The molecule has 0 radical (unpaired) electrons. The summed E-state index contributed by atoms with van der Waals surface area (Å²) in [4.78, 5) is 26.9. The van der Waals surface area contributed by atoms with Crippen LogP contribution in [0.1, 0.15) is 64.6 Å². The van der Waals surface area contributed by atoms with Crippen molar-refractivity contribution in [3.63, 3.8) is 0 Å². The molecular formula is C33H40F2N3O3+. The Hall–Kier alpha value is -3.46. The van der Waals surface area contributed by atoms with Crippen LogP contribution < -0.4 is 11.1 Å². The number of hydrogen-bond donors (Lipinski definition) is 3. The fourth-order valence-corrected chi connectivity index (χ4v) is 6.58. The Labute approximate surface area is 240 Å². The number of hydrogen-bond acceptors (Lipinski definition) is 4. The molecule has 4 N–H and O–H groups in total. The second-order valence-corrected chi connectivity index (χ2v) is 11.4. The maximum Gasteiger partial charge on any atom is 0.347 e. The molecule has 2 amide bonds. The van der Waals surface area contributed by atoms with Crippen molar-refractivity contribution in [2.45, 2.75) is 64.8 Å². The molecule has 0 spiro atoms. The van der Waals surface area contributed by atoms with Crippen molar-refractivity contribution < 1.29 is 28.0 Å². The summed E-state index contributed by atoms with van der Waals surface area (Å²) in [5.74, 6) is -2.35. The van der Waals surface area contributed by atoms with E-state index >= 15 is 0 Å². The Morgan fingerprint density at radius 3 is 2.24 bits per heavy atom. The normalized spacial score (nSPS) is 21.9. The number of aliphatic hydroxyl groups is 1. The van der Waals surface area contributed by atoms with E-state index in [0.29, 0.717) is 25.1 Å². The molecule has 5 unspecified atom stereocenters. The van der Waals surface area contributed by atoms with E-state index in [1.807, 2.05) is 26.0 Å². The largest absolute Gasteiger partial charge is 0.386 e. The molecule has 4 rings (SSSR count). The first kappa shape index (κ1) is 30.5. The number of benzene rings is 3. The van der Waals surface area contributed by atoms with Crippen LogP contribution in [0.15, 0.2) is 66.7 Å². The molecule has 0 aliphatic carbocycles. The van der Waals surface area contributed by atoms with Gasteiger partial charge in [0.1, 0.15) is 23.8 Å². The van der Waals surface area contributed by atoms with Crippen molar-refractivity contribution in [2.75, 3.05) is 13.1 Å². The number of nitrogens with one attached hydrogen (secondary N) is 1. The first-order valence-electron chi connectivity index (χ1n) is 14.3. The molecule has 3 aromatic rings. The molecule has 41 heavy (non-hydrogen) atoms. The Bertz CT molecular complexity index is 1380. The number of quaternary nitrogens is 1. The number of likely N-dealkylation sites (tertiary alicyclic amines) is 1. The number of rotatable bonds is 11. The van der Waals surface area contributed by atoms with Gasteiger partial charge in [-0.05, 0) is 54.3 Å². The summed E-state index contributed by atoms with van der Waals surface area (Å²) < 4.78 is 28.4. The number of halogens is 2. The lowest BCUT2D eigenvalue weighted by Crippen LogP contribution is -2.67. The Balaban J connectivity index is 1.74. The molecule has 0 bridgehead atoms.